The standard InChI is InChI=1S/C22H17N5O/c1-15-10-11-19-24-20(16-7-3-2-4-8-16)21(27(19)13-15)25-22(28)17-14-26-12-6-5-9-18(26)23-17/h2-14H,1H3,(H,25,28). The Bertz CT molecular complexity index is 1280. The molecule has 1 aromatic carbocycles. The van der Waals surface area contributed by atoms with Crippen LogP contribution in [0.5, 0.6) is 0 Å². The van der Waals surface area contributed by atoms with Crippen LogP contribution in [0.25, 0.3) is 22.6 Å². The summed E-state index contributed by atoms with van der Waals surface area (Å²) in [4.78, 5) is 22.1. The number of hydrogen-bond acceptors (Lipinski definition) is 3. The molecule has 0 saturated heterocycles. The molecule has 0 saturated carbocycles. The summed E-state index contributed by atoms with van der Waals surface area (Å²) in [5.41, 5.74) is 4.60. The zero-order chi connectivity index (χ0) is 19.1. The SMILES string of the molecule is Cc1ccc2nc(-c3ccccc3)c(NC(=O)c3cn4ccccc4n3)n2c1. The third-order valence-electron chi connectivity index (χ3n) is 4.64. The predicted molar refractivity (Wildman–Crippen MR) is 109 cm³/mol. The van der Waals surface area contributed by atoms with Crippen molar-refractivity contribution >= 4 is 23.0 Å². The highest BCUT2D eigenvalue weighted by molar-refractivity contribution is 6.04. The summed E-state index contributed by atoms with van der Waals surface area (Å²) in [5.74, 6) is 0.358. The van der Waals surface area contributed by atoms with Gasteiger partial charge in [0.25, 0.3) is 5.91 Å². The number of rotatable bonds is 3. The summed E-state index contributed by atoms with van der Waals surface area (Å²) < 4.78 is 3.73. The molecule has 0 atom stereocenters. The van der Waals surface area contributed by atoms with E-state index in [1.807, 2.05) is 88.8 Å². The number of carbonyl (C=O) groups is 1. The van der Waals surface area contributed by atoms with E-state index in [-0.39, 0.29) is 5.91 Å². The zero-order valence-corrected chi connectivity index (χ0v) is 15.2. The molecule has 28 heavy (non-hydrogen) atoms. The van der Waals surface area contributed by atoms with Gasteiger partial charge in [0.2, 0.25) is 0 Å². The number of nitrogens with zero attached hydrogens (tertiary/aromatic N) is 4. The van der Waals surface area contributed by atoms with Gasteiger partial charge in [0, 0.05) is 24.2 Å². The van der Waals surface area contributed by atoms with Crippen LogP contribution in [0.3, 0.4) is 0 Å². The summed E-state index contributed by atoms with van der Waals surface area (Å²) in [6.07, 6.45) is 5.56. The number of aryl methyl sites for hydroxylation is 1. The molecule has 6 nitrogen and oxygen atoms in total. The Morgan fingerprint density at radius 2 is 1.71 bits per heavy atom. The average molecular weight is 367 g/mol. The number of nitrogens with one attached hydrogen (secondary N) is 1. The normalized spacial score (nSPS) is 11.2. The van der Waals surface area contributed by atoms with Crippen molar-refractivity contribution in [2.75, 3.05) is 5.32 Å². The first kappa shape index (κ1) is 16.3. The minimum Gasteiger partial charge on any atom is -0.306 e. The Morgan fingerprint density at radius 1 is 0.893 bits per heavy atom. The second kappa shape index (κ2) is 6.35. The molecule has 0 fully saturated rings. The van der Waals surface area contributed by atoms with E-state index in [2.05, 4.69) is 10.3 Å². The summed E-state index contributed by atoms with van der Waals surface area (Å²) in [6.45, 7) is 2.01. The molecular formula is C22H17N5O. The maximum absolute atomic E-state index is 13.0. The minimum atomic E-state index is -0.274. The number of pyridine rings is 2. The Kier molecular flexibility index (Phi) is 3.69. The second-order valence-corrected chi connectivity index (χ2v) is 6.66. The topological polar surface area (TPSA) is 63.7 Å². The first-order valence-corrected chi connectivity index (χ1v) is 8.98. The molecule has 0 aliphatic heterocycles. The lowest BCUT2D eigenvalue weighted by molar-refractivity contribution is 0.102. The number of hydrogen-bond donors (Lipinski definition) is 1. The molecule has 0 spiro atoms. The molecule has 5 aromatic rings. The van der Waals surface area contributed by atoms with E-state index < -0.39 is 0 Å². The van der Waals surface area contributed by atoms with Crippen LogP contribution in [0, 0.1) is 6.92 Å². The highest BCUT2D eigenvalue weighted by Crippen LogP contribution is 2.29. The number of imidazole rings is 2. The van der Waals surface area contributed by atoms with Crippen molar-refractivity contribution in [3.63, 3.8) is 0 Å². The third kappa shape index (κ3) is 2.72. The summed E-state index contributed by atoms with van der Waals surface area (Å²) in [7, 11) is 0. The van der Waals surface area contributed by atoms with Crippen molar-refractivity contribution in [1.82, 2.24) is 18.8 Å². The van der Waals surface area contributed by atoms with E-state index >= 15 is 0 Å². The maximum Gasteiger partial charge on any atom is 0.277 e. The molecule has 0 radical (unpaired) electrons. The van der Waals surface area contributed by atoms with Gasteiger partial charge in [0.15, 0.2) is 0 Å². The van der Waals surface area contributed by atoms with Gasteiger partial charge < -0.3 is 9.72 Å². The van der Waals surface area contributed by atoms with E-state index in [0.717, 1.165) is 28.1 Å². The molecule has 1 N–H and O–H groups in total. The van der Waals surface area contributed by atoms with Gasteiger partial charge in [-0.3, -0.25) is 9.20 Å². The number of fused-ring (bicyclic) bond motifs is 2. The predicted octanol–water partition coefficient (Wildman–Crippen LogP) is 4.21. The number of carbonyl (C=O) groups excluding carboxylic acids is 1. The zero-order valence-electron chi connectivity index (χ0n) is 15.2. The number of aromatic nitrogens is 4. The van der Waals surface area contributed by atoms with Gasteiger partial charge >= 0.3 is 0 Å². The van der Waals surface area contributed by atoms with Crippen LogP contribution in [-0.2, 0) is 0 Å². The molecule has 4 aromatic heterocycles. The van der Waals surface area contributed by atoms with Crippen molar-refractivity contribution in [2.24, 2.45) is 0 Å². The molecule has 5 rings (SSSR count). The highest BCUT2D eigenvalue weighted by Gasteiger charge is 2.19. The number of benzene rings is 1. The van der Waals surface area contributed by atoms with Gasteiger partial charge in [-0.25, -0.2) is 9.97 Å². The van der Waals surface area contributed by atoms with E-state index in [1.165, 1.54) is 0 Å². The van der Waals surface area contributed by atoms with E-state index in [9.17, 15) is 4.79 Å². The molecule has 0 aliphatic rings. The molecule has 6 heteroatoms. The van der Waals surface area contributed by atoms with E-state index in [4.69, 9.17) is 4.98 Å². The van der Waals surface area contributed by atoms with Gasteiger partial charge in [0.1, 0.15) is 28.5 Å². The van der Waals surface area contributed by atoms with Crippen LogP contribution in [0.15, 0.2) is 79.3 Å². The lowest BCUT2D eigenvalue weighted by Gasteiger charge is -2.07. The van der Waals surface area contributed by atoms with E-state index in [1.54, 1.807) is 6.20 Å². The average Bonchev–Trinajstić information content (AvgIpc) is 3.30. The van der Waals surface area contributed by atoms with Crippen molar-refractivity contribution in [3.05, 3.63) is 90.5 Å². The number of amides is 1. The first-order chi connectivity index (χ1) is 13.7. The second-order valence-electron chi connectivity index (χ2n) is 6.66. The highest BCUT2D eigenvalue weighted by atomic mass is 16.2. The minimum absolute atomic E-state index is 0.274. The van der Waals surface area contributed by atoms with Gasteiger partial charge in [-0.1, -0.05) is 42.5 Å². The summed E-state index contributed by atoms with van der Waals surface area (Å²) >= 11 is 0. The van der Waals surface area contributed by atoms with E-state index in [0.29, 0.717) is 11.5 Å². The fourth-order valence-electron chi connectivity index (χ4n) is 3.28. The van der Waals surface area contributed by atoms with Gasteiger partial charge in [-0.15, -0.1) is 0 Å². The molecule has 0 bridgehead atoms. The number of anilines is 1. The fraction of sp³-hybridized carbons (Fsp3) is 0.0455. The Hall–Kier alpha value is -3.93. The molecular weight excluding hydrogens is 350 g/mol. The van der Waals surface area contributed by atoms with Crippen molar-refractivity contribution < 1.29 is 4.79 Å². The van der Waals surface area contributed by atoms with Crippen LogP contribution in [-0.4, -0.2) is 24.7 Å². The Labute approximate surface area is 161 Å². The lowest BCUT2D eigenvalue weighted by Crippen LogP contribution is -2.14. The Morgan fingerprint density at radius 3 is 2.54 bits per heavy atom. The molecule has 0 aliphatic carbocycles. The van der Waals surface area contributed by atoms with Gasteiger partial charge in [0.05, 0.1) is 0 Å². The van der Waals surface area contributed by atoms with Crippen LogP contribution in [0.1, 0.15) is 16.1 Å². The Balaban J connectivity index is 1.62. The first-order valence-electron chi connectivity index (χ1n) is 8.98. The van der Waals surface area contributed by atoms with Crippen molar-refractivity contribution in [2.45, 2.75) is 6.92 Å². The smallest absolute Gasteiger partial charge is 0.277 e. The monoisotopic (exact) mass is 367 g/mol. The molecule has 1 amide bonds. The van der Waals surface area contributed by atoms with Crippen LogP contribution in [0.2, 0.25) is 0 Å². The van der Waals surface area contributed by atoms with Crippen LogP contribution >= 0.6 is 0 Å². The molecule has 0 unspecified atom stereocenters. The fourth-order valence-corrected chi connectivity index (χ4v) is 3.28. The molecule has 4 heterocycles. The molecule has 136 valence electrons. The van der Waals surface area contributed by atoms with Gasteiger partial charge in [-0.2, -0.15) is 0 Å². The summed E-state index contributed by atoms with van der Waals surface area (Å²) in [5, 5.41) is 3.02. The van der Waals surface area contributed by atoms with Crippen LogP contribution in [0.4, 0.5) is 5.82 Å². The van der Waals surface area contributed by atoms with Crippen molar-refractivity contribution in [1.29, 1.82) is 0 Å². The van der Waals surface area contributed by atoms with Crippen LogP contribution < -0.4 is 5.32 Å². The third-order valence-corrected chi connectivity index (χ3v) is 4.64. The lowest BCUT2D eigenvalue weighted by atomic mass is 10.1. The largest absolute Gasteiger partial charge is 0.306 e. The maximum atomic E-state index is 13.0. The quantitative estimate of drug-likeness (QED) is 0.520. The van der Waals surface area contributed by atoms with Gasteiger partial charge in [-0.05, 0) is 30.7 Å². The van der Waals surface area contributed by atoms with Crippen molar-refractivity contribution in [3.8, 4) is 11.3 Å². The summed E-state index contributed by atoms with van der Waals surface area (Å²) in [6, 6.07) is 19.4.